The van der Waals surface area contributed by atoms with Crippen molar-refractivity contribution < 1.29 is 9.18 Å². The van der Waals surface area contributed by atoms with Crippen molar-refractivity contribution in [2.45, 2.75) is 32.2 Å². The Bertz CT molecular complexity index is 1020. The van der Waals surface area contributed by atoms with Gasteiger partial charge in [0.1, 0.15) is 23.1 Å². The first-order valence-corrected chi connectivity index (χ1v) is 9.59. The normalized spacial score (nSPS) is 18.8. The van der Waals surface area contributed by atoms with Crippen LogP contribution in [0.2, 0.25) is 0 Å². The van der Waals surface area contributed by atoms with Crippen LogP contribution in [0.4, 0.5) is 4.39 Å². The van der Waals surface area contributed by atoms with Gasteiger partial charge >= 0.3 is 0 Å². The fraction of sp³-hybridized carbons (Fsp3) is 0.238. The molecule has 2 aromatic rings. The molecule has 3 rings (SSSR count). The maximum atomic E-state index is 14.6. The number of halogens is 1. The Morgan fingerprint density at radius 3 is 2.79 bits per heavy atom. The lowest BCUT2D eigenvalue weighted by Gasteiger charge is -2.28. The molecule has 0 spiro atoms. The highest BCUT2D eigenvalue weighted by Gasteiger charge is 2.31. The number of carbonyl (C=O) groups excluding carboxylic acids is 1. The zero-order valence-electron chi connectivity index (χ0n) is 15.6. The minimum Gasteiger partial charge on any atom is -0.378 e. The highest BCUT2D eigenvalue weighted by molar-refractivity contribution is 8.17. The van der Waals surface area contributed by atoms with E-state index in [1.54, 1.807) is 25.1 Å². The van der Waals surface area contributed by atoms with E-state index in [2.05, 4.69) is 9.98 Å². The topological polar surface area (TPSA) is 92.1 Å². The lowest BCUT2D eigenvalue weighted by molar-refractivity contribution is 0.0988. The number of allylic oxidation sites excluding steroid dienone is 1. The van der Waals surface area contributed by atoms with Crippen LogP contribution in [0.25, 0.3) is 0 Å². The Kier molecular flexibility index (Phi) is 5.61. The van der Waals surface area contributed by atoms with Crippen molar-refractivity contribution in [1.82, 2.24) is 4.98 Å². The van der Waals surface area contributed by atoms with Crippen molar-refractivity contribution in [3.63, 3.8) is 0 Å². The molecule has 2 heterocycles. The molecule has 0 radical (unpaired) electrons. The quantitative estimate of drug-likeness (QED) is 0.771. The van der Waals surface area contributed by atoms with Gasteiger partial charge in [0.15, 0.2) is 11.0 Å². The summed E-state index contributed by atoms with van der Waals surface area (Å²) in [6.07, 6.45) is 4.13. The average molecular weight is 394 g/mol. The molecule has 7 heteroatoms. The predicted octanol–water partition coefficient (Wildman–Crippen LogP) is 4.09. The number of nitrogens with two attached hydrogens (primary N) is 1. The summed E-state index contributed by atoms with van der Waals surface area (Å²) in [5.41, 5.74) is 6.71. The number of nitrogens with zero attached hydrogens (tertiary/aromatic N) is 3. The van der Waals surface area contributed by atoms with Gasteiger partial charge in [0, 0.05) is 18.2 Å². The van der Waals surface area contributed by atoms with Crippen LogP contribution in [0.1, 0.15) is 47.4 Å². The van der Waals surface area contributed by atoms with Crippen LogP contribution in [0.15, 0.2) is 52.5 Å². The second-order valence-electron chi connectivity index (χ2n) is 6.62. The Hall–Kier alpha value is -2.98. The van der Waals surface area contributed by atoms with E-state index in [9.17, 15) is 9.18 Å². The average Bonchev–Trinajstić information content (AvgIpc) is 2.68. The second kappa shape index (κ2) is 7.95. The van der Waals surface area contributed by atoms with Crippen LogP contribution >= 0.6 is 11.8 Å². The molecular formula is C21H19FN4OS. The van der Waals surface area contributed by atoms with Crippen LogP contribution in [0.5, 0.6) is 0 Å². The smallest absolute Gasteiger partial charge is 0.185 e. The fourth-order valence-electron chi connectivity index (χ4n) is 3.04. The lowest BCUT2D eigenvalue weighted by atomic mass is 9.89. The van der Waals surface area contributed by atoms with Gasteiger partial charge in [-0.05, 0) is 54.2 Å². The summed E-state index contributed by atoms with van der Waals surface area (Å²) in [5, 5.41) is 9.22. The molecule has 0 bridgehead atoms. The van der Waals surface area contributed by atoms with Crippen LogP contribution in [-0.2, 0) is 12.0 Å². The molecule has 2 N–H and O–H groups in total. The number of Topliss-reactive ketones (excluding diaryl/α,β-unsaturated/α-hetero) is 1. The molecule has 0 unspecified atom stereocenters. The van der Waals surface area contributed by atoms with E-state index in [0.717, 1.165) is 11.3 Å². The third-order valence-electron chi connectivity index (χ3n) is 4.49. The zero-order chi connectivity index (χ0) is 20.3. The van der Waals surface area contributed by atoms with E-state index in [-0.39, 0.29) is 17.9 Å². The monoisotopic (exact) mass is 394 g/mol. The number of ketones is 1. The Morgan fingerprint density at radius 1 is 1.36 bits per heavy atom. The van der Waals surface area contributed by atoms with Gasteiger partial charge < -0.3 is 5.73 Å². The highest BCUT2D eigenvalue weighted by Crippen LogP contribution is 2.38. The Morgan fingerprint density at radius 2 is 2.14 bits per heavy atom. The third kappa shape index (κ3) is 4.12. The van der Waals surface area contributed by atoms with Crippen molar-refractivity contribution in [3.8, 4) is 6.07 Å². The van der Waals surface area contributed by atoms with Crippen LogP contribution in [0.3, 0.4) is 0 Å². The number of carbonyl (C=O) groups is 1. The number of thioether (sulfide) groups is 1. The summed E-state index contributed by atoms with van der Waals surface area (Å²) in [6, 6.07) is 9.62. The first-order chi connectivity index (χ1) is 13.3. The van der Waals surface area contributed by atoms with Gasteiger partial charge in [-0.2, -0.15) is 5.26 Å². The molecule has 0 fully saturated rings. The van der Waals surface area contributed by atoms with Gasteiger partial charge in [0.2, 0.25) is 0 Å². The number of hydrogen-bond donors (Lipinski definition) is 1. The Balaban J connectivity index is 1.91. The van der Waals surface area contributed by atoms with Crippen molar-refractivity contribution in [1.29, 1.82) is 5.26 Å². The maximum Gasteiger partial charge on any atom is 0.185 e. The maximum absolute atomic E-state index is 14.6. The summed E-state index contributed by atoms with van der Waals surface area (Å²) in [4.78, 5) is 22.0. The summed E-state index contributed by atoms with van der Waals surface area (Å²) < 4.78 is 14.6. The fourth-order valence-corrected chi connectivity index (χ4v) is 3.98. The number of benzene rings is 1. The molecule has 1 aromatic carbocycles. The SMILES string of the molecule is CCC1=C[C@@](C)(c2cc(CC(=O)c3ccc(C#N)cn3)ccc2F)N=C(N)S1. The van der Waals surface area contributed by atoms with E-state index in [0.29, 0.717) is 21.9 Å². The highest BCUT2D eigenvalue weighted by atomic mass is 32.2. The van der Waals surface area contributed by atoms with Gasteiger partial charge in [-0.25, -0.2) is 9.38 Å². The van der Waals surface area contributed by atoms with Crippen molar-refractivity contribution in [3.05, 3.63) is 75.7 Å². The molecule has 1 atom stereocenters. The van der Waals surface area contributed by atoms with Crippen molar-refractivity contribution in [2.24, 2.45) is 10.7 Å². The lowest BCUT2D eigenvalue weighted by Crippen LogP contribution is -2.26. The largest absolute Gasteiger partial charge is 0.378 e. The van der Waals surface area contributed by atoms with Gasteiger partial charge in [0.05, 0.1) is 5.56 Å². The van der Waals surface area contributed by atoms with Gasteiger partial charge in [0.25, 0.3) is 0 Å². The van der Waals surface area contributed by atoms with E-state index < -0.39 is 11.4 Å². The molecule has 1 aliphatic heterocycles. The van der Waals surface area contributed by atoms with Crippen LogP contribution < -0.4 is 5.73 Å². The molecule has 0 aliphatic carbocycles. The predicted molar refractivity (Wildman–Crippen MR) is 108 cm³/mol. The molecule has 1 aromatic heterocycles. The first-order valence-electron chi connectivity index (χ1n) is 8.78. The molecule has 142 valence electrons. The number of amidine groups is 1. The molecule has 0 saturated heterocycles. The molecule has 28 heavy (non-hydrogen) atoms. The molecule has 5 nitrogen and oxygen atoms in total. The molecule has 1 aliphatic rings. The number of aliphatic imine (C=N–C) groups is 1. The molecular weight excluding hydrogens is 375 g/mol. The van der Waals surface area contributed by atoms with Gasteiger partial charge in [-0.1, -0.05) is 24.8 Å². The summed E-state index contributed by atoms with van der Waals surface area (Å²) in [5.74, 6) is -0.607. The van der Waals surface area contributed by atoms with E-state index >= 15 is 0 Å². The van der Waals surface area contributed by atoms with E-state index in [1.165, 1.54) is 30.1 Å². The second-order valence-corrected chi connectivity index (χ2v) is 7.77. The molecule has 0 saturated carbocycles. The standard InChI is InChI=1S/C21H19FN4OS/c1-3-15-10-21(2,26-20(24)28-15)16-8-13(4-6-17(16)22)9-19(27)18-7-5-14(11-23)12-25-18/h4-8,10,12H,3,9H2,1-2H3,(H2,24,26)/t21-/m0/s1. The van der Waals surface area contributed by atoms with Crippen LogP contribution in [0, 0.1) is 17.1 Å². The van der Waals surface area contributed by atoms with Gasteiger partial charge in [-0.3, -0.25) is 9.78 Å². The van der Waals surface area contributed by atoms with Gasteiger partial charge in [-0.15, -0.1) is 0 Å². The number of rotatable bonds is 5. The summed E-state index contributed by atoms with van der Waals surface area (Å²) in [7, 11) is 0. The minimum absolute atomic E-state index is 0.0700. The van der Waals surface area contributed by atoms with E-state index in [4.69, 9.17) is 11.0 Å². The molecule has 0 amide bonds. The van der Waals surface area contributed by atoms with E-state index in [1.807, 2.05) is 19.1 Å². The van der Waals surface area contributed by atoms with Crippen molar-refractivity contribution >= 4 is 22.7 Å². The number of aromatic nitrogens is 1. The number of hydrogen-bond acceptors (Lipinski definition) is 6. The minimum atomic E-state index is -0.920. The summed E-state index contributed by atoms with van der Waals surface area (Å²) >= 11 is 1.39. The van der Waals surface area contributed by atoms with Crippen LogP contribution in [-0.4, -0.2) is 15.9 Å². The first kappa shape index (κ1) is 19.8. The van der Waals surface area contributed by atoms with Crippen molar-refractivity contribution in [2.75, 3.05) is 0 Å². The Labute approximate surface area is 167 Å². The summed E-state index contributed by atoms with van der Waals surface area (Å²) in [6.45, 7) is 3.81. The zero-order valence-corrected chi connectivity index (χ0v) is 16.4. The third-order valence-corrected chi connectivity index (χ3v) is 5.46. The number of pyridine rings is 1. The number of nitriles is 1.